The average Bonchev–Trinajstić information content (AvgIpc) is 3.05. The first kappa shape index (κ1) is 20.5. The quantitative estimate of drug-likeness (QED) is 0.652. The molecule has 0 spiro atoms. The minimum absolute atomic E-state index is 0.0885. The smallest absolute Gasteiger partial charge is 0.223 e. The van der Waals surface area contributed by atoms with E-state index in [1.54, 1.807) is 17.5 Å². The fourth-order valence-electron chi connectivity index (χ4n) is 3.77. The summed E-state index contributed by atoms with van der Waals surface area (Å²) in [6.07, 6.45) is 5.61. The third-order valence-corrected chi connectivity index (χ3v) is 6.18. The molecule has 1 aliphatic rings. The molecule has 3 heterocycles. The number of hydrogen-bond donors (Lipinski definition) is 1. The summed E-state index contributed by atoms with van der Waals surface area (Å²) < 4.78 is 6.06. The van der Waals surface area contributed by atoms with Gasteiger partial charge < -0.3 is 10.1 Å². The lowest BCUT2D eigenvalue weighted by atomic mass is 10.0. The number of thiazole rings is 1. The van der Waals surface area contributed by atoms with Crippen molar-refractivity contribution in [3.63, 3.8) is 0 Å². The van der Waals surface area contributed by atoms with Crippen molar-refractivity contribution in [2.45, 2.75) is 46.2 Å². The summed E-state index contributed by atoms with van der Waals surface area (Å²) in [6, 6.07) is 10.6. The Balaban J connectivity index is 1.44. The van der Waals surface area contributed by atoms with Gasteiger partial charge in [0.15, 0.2) is 5.13 Å². The highest BCUT2D eigenvalue weighted by molar-refractivity contribution is 7.15. The average molecular weight is 423 g/mol. The van der Waals surface area contributed by atoms with Crippen LogP contribution in [-0.4, -0.2) is 33.4 Å². The van der Waals surface area contributed by atoms with E-state index in [2.05, 4.69) is 45.3 Å². The Morgan fingerprint density at radius 1 is 1.23 bits per heavy atom. The van der Waals surface area contributed by atoms with E-state index in [0.29, 0.717) is 11.2 Å². The SMILES string of the molecule is CC(=O)Nc1ncc(CN2CCc3ccc(Oc4ccnc(C)c4)cc3C[C@H]2C)s1. The Bertz CT molecular complexity index is 1050. The van der Waals surface area contributed by atoms with Gasteiger partial charge in [-0.1, -0.05) is 6.07 Å². The molecular formula is C23H26N4O2S. The number of carbonyl (C=O) groups excluding carboxylic acids is 1. The second kappa shape index (κ2) is 8.93. The van der Waals surface area contributed by atoms with Crippen molar-refractivity contribution >= 4 is 22.4 Å². The molecule has 0 saturated heterocycles. The molecule has 1 aliphatic heterocycles. The van der Waals surface area contributed by atoms with Crippen LogP contribution in [0.25, 0.3) is 0 Å². The fraction of sp³-hybridized carbons (Fsp3) is 0.348. The van der Waals surface area contributed by atoms with Crippen LogP contribution in [0.5, 0.6) is 11.5 Å². The third kappa shape index (κ3) is 5.04. The molecule has 1 amide bonds. The molecule has 3 aromatic rings. The lowest BCUT2D eigenvalue weighted by Gasteiger charge is -2.26. The Kier molecular flexibility index (Phi) is 6.11. The summed E-state index contributed by atoms with van der Waals surface area (Å²) >= 11 is 1.54. The predicted octanol–water partition coefficient (Wildman–Crippen LogP) is 4.59. The zero-order chi connectivity index (χ0) is 21.1. The van der Waals surface area contributed by atoms with Gasteiger partial charge in [-0.15, -0.1) is 11.3 Å². The minimum Gasteiger partial charge on any atom is -0.457 e. The summed E-state index contributed by atoms with van der Waals surface area (Å²) in [5, 5.41) is 3.43. The van der Waals surface area contributed by atoms with Gasteiger partial charge in [0.25, 0.3) is 0 Å². The van der Waals surface area contributed by atoms with Crippen molar-refractivity contribution < 1.29 is 9.53 Å². The minimum atomic E-state index is -0.0885. The van der Waals surface area contributed by atoms with E-state index in [-0.39, 0.29) is 5.91 Å². The van der Waals surface area contributed by atoms with Gasteiger partial charge >= 0.3 is 0 Å². The molecule has 1 N–H and O–H groups in total. The topological polar surface area (TPSA) is 67.4 Å². The third-order valence-electron chi connectivity index (χ3n) is 5.28. The molecule has 4 rings (SSSR count). The van der Waals surface area contributed by atoms with E-state index in [1.165, 1.54) is 18.1 Å². The summed E-state index contributed by atoms with van der Waals surface area (Å²) in [5.41, 5.74) is 3.67. The van der Waals surface area contributed by atoms with Crippen LogP contribution in [-0.2, 0) is 24.2 Å². The normalized spacial score (nSPS) is 16.6. The van der Waals surface area contributed by atoms with Crippen LogP contribution in [0.3, 0.4) is 0 Å². The standard InChI is InChI=1S/C23H26N4O2S/c1-15-10-21(6-8-24-15)29-20-5-4-18-7-9-27(16(2)11-19(18)12-20)14-22-13-25-23(30-22)26-17(3)28/h4-6,8,10,12-13,16H,7,9,11,14H2,1-3H3,(H,25,26,28)/t16-/m1/s1. The number of ether oxygens (including phenoxy) is 1. The maximum Gasteiger partial charge on any atom is 0.223 e. The Hall–Kier alpha value is -2.77. The van der Waals surface area contributed by atoms with Crippen LogP contribution in [0.2, 0.25) is 0 Å². The van der Waals surface area contributed by atoms with Crippen molar-refractivity contribution in [3.05, 3.63) is 64.4 Å². The lowest BCUT2D eigenvalue weighted by Crippen LogP contribution is -2.33. The Morgan fingerprint density at radius 3 is 2.87 bits per heavy atom. The molecule has 0 aliphatic carbocycles. The Morgan fingerprint density at radius 2 is 2.07 bits per heavy atom. The van der Waals surface area contributed by atoms with Gasteiger partial charge in [0.05, 0.1) is 0 Å². The van der Waals surface area contributed by atoms with Gasteiger partial charge in [-0.3, -0.25) is 14.7 Å². The molecule has 156 valence electrons. The van der Waals surface area contributed by atoms with E-state index >= 15 is 0 Å². The highest BCUT2D eigenvalue weighted by Crippen LogP contribution is 2.29. The number of rotatable bonds is 5. The van der Waals surface area contributed by atoms with E-state index in [4.69, 9.17) is 4.74 Å². The summed E-state index contributed by atoms with van der Waals surface area (Å²) in [7, 11) is 0. The van der Waals surface area contributed by atoms with Crippen LogP contribution in [0.1, 0.15) is 35.5 Å². The molecule has 0 unspecified atom stereocenters. The number of carbonyl (C=O) groups is 1. The van der Waals surface area contributed by atoms with Crippen LogP contribution in [0.4, 0.5) is 5.13 Å². The van der Waals surface area contributed by atoms with E-state index < -0.39 is 0 Å². The monoisotopic (exact) mass is 422 g/mol. The van der Waals surface area contributed by atoms with Crippen molar-refractivity contribution in [3.8, 4) is 11.5 Å². The fourth-order valence-corrected chi connectivity index (χ4v) is 4.66. The zero-order valence-electron chi connectivity index (χ0n) is 17.5. The molecule has 0 fully saturated rings. The highest BCUT2D eigenvalue weighted by atomic mass is 32.1. The molecule has 7 heteroatoms. The molecule has 1 aromatic carbocycles. The molecular weight excluding hydrogens is 396 g/mol. The number of benzene rings is 1. The van der Waals surface area contributed by atoms with E-state index in [0.717, 1.165) is 48.0 Å². The first-order valence-corrected chi connectivity index (χ1v) is 11.0. The van der Waals surface area contributed by atoms with Gasteiger partial charge in [0.1, 0.15) is 11.5 Å². The van der Waals surface area contributed by atoms with Crippen molar-refractivity contribution in [2.24, 2.45) is 0 Å². The van der Waals surface area contributed by atoms with Crippen molar-refractivity contribution in [1.82, 2.24) is 14.9 Å². The largest absolute Gasteiger partial charge is 0.457 e. The molecule has 6 nitrogen and oxygen atoms in total. The number of fused-ring (bicyclic) bond motifs is 1. The van der Waals surface area contributed by atoms with Crippen LogP contribution < -0.4 is 10.1 Å². The summed E-state index contributed by atoms with van der Waals surface area (Å²) in [6.45, 7) is 7.56. The second-order valence-electron chi connectivity index (χ2n) is 7.75. The van der Waals surface area contributed by atoms with E-state index in [9.17, 15) is 4.79 Å². The first-order chi connectivity index (χ1) is 14.5. The van der Waals surface area contributed by atoms with Gasteiger partial charge in [0, 0.05) is 55.1 Å². The van der Waals surface area contributed by atoms with E-state index in [1.807, 2.05) is 25.3 Å². The first-order valence-electron chi connectivity index (χ1n) is 10.1. The Labute approximate surface area is 180 Å². The van der Waals surface area contributed by atoms with Gasteiger partial charge in [-0.25, -0.2) is 4.98 Å². The highest BCUT2D eigenvalue weighted by Gasteiger charge is 2.22. The number of nitrogens with zero attached hydrogens (tertiary/aromatic N) is 3. The maximum absolute atomic E-state index is 11.2. The summed E-state index contributed by atoms with van der Waals surface area (Å²) in [4.78, 5) is 23.4. The van der Waals surface area contributed by atoms with Gasteiger partial charge in [0.2, 0.25) is 5.91 Å². The number of aryl methyl sites for hydroxylation is 1. The van der Waals surface area contributed by atoms with Crippen LogP contribution in [0, 0.1) is 6.92 Å². The molecule has 0 saturated carbocycles. The summed E-state index contributed by atoms with van der Waals surface area (Å²) in [5.74, 6) is 1.59. The number of anilines is 1. The lowest BCUT2D eigenvalue weighted by molar-refractivity contribution is -0.114. The van der Waals surface area contributed by atoms with Crippen molar-refractivity contribution in [1.29, 1.82) is 0 Å². The molecule has 30 heavy (non-hydrogen) atoms. The maximum atomic E-state index is 11.2. The van der Waals surface area contributed by atoms with Gasteiger partial charge in [-0.2, -0.15) is 0 Å². The second-order valence-corrected chi connectivity index (χ2v) is 8.87. The number of pyridine rings is 1. The van der Waals surface area contributed by atoms with Crippen molar-refractivity contribution in [2.75, 3.05) is 11.9 Å². The number of hydrogen-bond acceptors (Lipinski definition) is 6. The molecule has 1 atom stereocenters. The van der Waals surface area contributed by atoms with Gasteiger partial charge in [-0.05, 0) is 56.0 Å². The zero-order valence-corrected chi connectivity index (χ0v) is 18.3. The molecule has 2 aromatic heterocycles. The number of aromatic nitrogens is 2. The molecule has 0 bridgehead atoms. The predicted molar refractivity (Wildman–Crippen MR) is 119 cm³/mol. The molecule has 0 radical (unpaired) electrons. The van der Waals surface area contributed by atoms with Crippen LogP contribution in [0.15, 0.2) is 42.7 Å². The number of amides is 1. The van der Waals surface area contributed by atoms with Crippen LogP contribution >= 0.6 is 11.3 Å². The number of nitrogens with one attached hydrogen (secondary N) is 1.